The minimum atomic E-state index is -0.192. The summed E-state index contributed by atoms with van der Waals surface area (Å²) in [5.74, 6) is 0.696. The lowest BCUT2D eigenvalue weighted by atomic mass is 10.1. The molecule has 0 aliphatic rings. The average Bonchev–Trinajstić information content (AvgIpc) is 3.04. The number of carbonyl (C=O) groups excluding carboxylic acids is 1. The maximum absolute atomic E-state index is 12.2. The summed E-state index contributed by atoms with van der Waals surface area (Å²) in [6.45, 7) is 4.13. The van der Waals surface area contributed by atoms with E-state index in [0.29, 0.717) is 17.4 Å². The normalized spacial score (nSPS) is 11.2. The van der Waals surface area contributed by atoms with Crippen molar-refractivity contribution in [3.63, 3.8) is 0 Å². The maximum atomic E-state index is 12.2. The Kier molecular flexibility index (Phi) is 3.02. The van der Waals surface area contributed by atoms with E-state index in [4.69, 9.17) is 0 Å². The minimum absolute atomic E-state index is 0.192. The van der Waals surface area contributed by atoms with Crippen LogP contribution in [0, 0.1) is 0 Å². The monoisotopic (exact) mass is 268 g/mol. The standard InChI is InChI=1S/C15H16N4O/c1-9(2)12-8-14(19-18-12)17-15(20)13-7-10-5-3-4-6-11(10)16-13/h3-9,16H,1-2H3,(H2,17,18,19,20). The Hall–Kier alpha value is -2.56. The number of hydrogen-bond donors (Lipinski definition) is 3. The van der Waals surface area contributed by atoms with E-state index in [9.17, 15) is 4.79 Å². The van der Waals surface area contributed by atoms with Crippen LogP contribution in [0.3, 0.4) is 0 Å². The van der Waals surface area contributed by atoms with Crippen LogP contribution in [0.1, 0.15) is 35.9 Å². The molecule has 5 heteroatoms. The Morgan fingerprint density at radius 3 is 2.75 bits per heavy atom. The molecule has 0 spiro atoms. The Morgan fingerprint density at radius 1 is 1.25 bits per heavy atom. The average molecular weight is 268 g/mol. The number of amides is 1. The largest absolute Gasteiger partial charge is 0.351 e. The second-order valence-corrected chi connectivity index (χ2v) is 5.09. The first-order valence-electron chi connectivity index (χ1n) is 6.58. The van der Waals surface area contributed by atoms with Crippen LogP contribution in [0.2, 0.25) is 0 Å². The number of hydrogen-bond acceptors (Lipinski definition) is 2. The summed E-state index contributed by atoms with van der Waals surface area (Å²) in [5, 5.41) is 10.8. The third kappa shape index (κ3) is 2.30. The first-order chi connectivity index (χ1) is 9.63. The number of anilines is 1. The van der Waals surface area contributed by atoms with Crippen LogP contribution < -0.4 is 5.32 Å². The quantitative estimate of drug-likeness (QED) is 0.682. The first kappa shape index (κ1) is 12.5. The molecule has 3 aromatic rings. The van der Waals surface area contributed by atoms with Crippen molar-refractivity contribution >= 4 is 22.6 Å². The molecule has 2 aromatic heterocycles. The molecule has 0 saturated carbocycles. The number of aromatic nitrogens is 3. The molecule has 0 bridgehead atoms. The zero-order chi connectivity index (χ0) is 14.1. The van der Waals surface area contributed by atoms with Crippen LogP contribution in [-0.2, 0) is 0 Å². The molecule has 1 aromatic carbocycles. The number of benzene rings is 1. The zero-order valence-electron chi connectivity index (χ0n) is 11.4. The van der Waals surface area contributed by atoms with E-state index in [-0.39, 0.29) is 5.91 Å². The molecule has 3 N–H and O–H groups in total. The van der Waals surface area contributed by atoms with E-state index in [2.05, 4.69) is 34.3 Å². The fourth-order valence-corrected chi connectivity index (χ4v) is 2.08. The van der Waals surface area contributed by atoms with Crippen LogP contribution in [0.4, 0.5) is 5.82 Å². The van der Waals surface area contributed by atoms with Gasteiger partial charge >= 0.3 is 0 Å². The lowest BCUT2D eigenvalue weighted by Crippen LogP contribution is -2.12. The van der Waals surface area contributed by atoms with Crippen molar-refractivity contribution in [3.8, 4) is 0 Å². The Labute approximate surface area is 116 Å². The highest BCUT2D eigenvalue weighted by molar-refractivity contribution is 6.05. The third-order valence-electron chi connectivity index (χ3n) is 3.24. The molecule has 0 aliphatic carbocycles. The number of H-pyrrole nitrogens is 2. The van der Waals surface area contributed by atoms with Gasteiger partial charge in [0, 0.05) is 22.7 Å². The van der Waals surface area contributed by atoms with Crippen LogP contribution >= 0.6 is 0 Å². The number of fused-ring (bicyclic) bond motifs is 1. The fraction of sp³-hybridized carbons (Fsp3) is 0.200. The van der Waals surface area contributed by atoms with Crippen molar-refractivity contribution in [3.05, 3.63) is 47.8 Å². The topological polar surface area (TPSA) is 73.6 Å². The number of aromatic amines is 2. The van der Waals surface area contributed by atoms with Crippen LogP contribution in [0.15, 0.2) is 36.4 Å². The number of para-hydroxylation sites is 1. The summed E-state index contributed by atoms with van der Waals surface area (Å²) in [6.07, 6.45) is 0. The number of carbonyl (C=O) groups is 1. The molecule has 5 nitrogen and oxygen atoms in total. The molecule has 3 rings (SSSR count). The van der Waals surface area contributed by atoms with Crippen molar-refractivity contribution in [2.75, 3.05) is 5.32 Å². The SMILES string of the molecule is CC(C)c1cc(NC(=O)c2cc3ccccc3[nH]2)n[nH]1. The van der Waals surface area contributed by atoms with Gasteiger partial charge in [-0.25, -0.2) is 0 Å². The van der Waals surface area contributed by atoms with Crippen molar-refractivity contribution in [2.24, 2.45) is 0 Å². The molecule has 20 heavy (non-hydrogen) atoms. The molecule has 102 valence electrons. The highest BCUT2D eigenvalue weighted by atomic mass is 16.1. The molecule has 0 fully saturated rings. The van der Waals surface area contributed by atoms with Crippen LogP contribution in [0.25, 0.3) is 10.9 Å². The Balaban J connectivity index is 1.81. The first-order valence-corrected chi connectivity index (χ1v) is 6.58. The predicted molar refractivity (Wildman–Crippen MR) is 78.9 cm³/mol. The fourth-order valence-electron chi connectivity index (χ4n) is 2.08. The van der Waals surface area contributed by atoms with Gasteiger partial charge in [0.1, 0.15) is 5.69 Å². The minimum Gasteiger partial charge on any atom is -0.351 e. The Bertz CT molecular complexity index is 721. The summed E-state index contributed by atoms with van der Waals surface area (Å²) in [5.41, 5.74) is 2.47. The van der Waals surface area contributed by atoms with E-state index < -0.39 is 0 Å². The molecule has 0 unspecified atom stereocenters. The van der Waals surface area contributed by atoms with Crippen molar-refractivity contribution in [1.82, 2.24) is 15.2 Å². The van der Waals surface area contributed by atoms with E-state index >= 15 is 0 Å². The van der Waals surface area contributed by atoms with Gasteiger partial charge < -0.3 is 10.3 Å². The van der Waals surface area contributed by atoms with Crippen LogP contribution in [-0.4, -0.2) is 21.1 Å². The zero-order valence-corrected chi connectivity index (χ0v) is 11.4. The lowest BCUT2D eigenvalue weighted by molar-refractivity contribution is 0.102. The molecule has 2 heterocycles. The van der Waals surface area contributed by atoms with Gasteiger partial charge in [-0.2, -0.15) is 5.10 Å². The second kappa shape index (κ2) is 4.85. The van der Waals surface area contributed by atoms with Gasteiger partial charge in [-0.15, -0.1) is 0 Å². The van der Waals surface area contributed by atoms with Crippen molar-refractivity contribution < 1.29 is 4.79 Å². The maximum Gasteiger partial charge on any atom is 0.273 e. The molecule has 1 amide bonds. The van der Waals surface area contributed by atoms with E-state index in [0.717, 1.165) is 16.6 Å². The molecule has 0 aliphatic heterocycles. The second-order valence-electron chi connectivity index (χ2n) is 5.09. The van der Waals surface area contributed by atoms with Gasteiger partial charge in [0.25, 0.3) is 5.91 Å². The highest BCUT2D eigenvalue weighted by Gasteiger charge is 2.12. The van der Waals surface area contributed by atoms with Gasteiger partial charge in [0.05, 0.1) is 0 Å². The van der Waals surface area contributed by atoms with Gasteiger partial charge in [0.15, 0.2) is 5.82 Å². The number of nitrogens with zero attached hydrogens (tertiary/aromatic N) is 1. The van der Waals surface area contributed by atoms with Gasteiger partial charge in [-0.1, -0.05) is 32.0 Å². The molecular weight excluding hydrogens is 252 g/mol. The van der Waals surface area contributed by atoms with E-state index in [1.54, 1.807) is 0 Å². The van der Waals surface area contributed by atoms with Crippen LogP contribution in [0.5, 0.6) is 0 Å². The van der Waals surface area contributed by atoms with Crippen molar-refractivity contribution in [2.45, 2.75) is 19.8 Å². The molecular formula is C15H16N4O. The van der Waals surface area contributed by atoms with Crippen molar-refractivity contribution in [1.29, 1.82) is 0 Å². The third-order valence-corrected chi connectivity index (χ3v) is 3.24. The van der Waals surface area contributed by atoms with Gasteiger partial charge in [0.2, 0.25) is 0 Å². The molecule has 0 radical (unpaired) electrons. The summed E-state index contributed by atoms with van der Waals surface area (Å²) in [7, 11) is 0. The number of rotatable bonds is 3. The predicted octanol–water partition coefficient (Wildman–Crippen LogP) is 3.27. The number of nitrogens with one attached hydrogen (secondary N) is 3. The van der Waals surface area contributed by atoms with E-state index in [1.165, 1.54) is 0 Å². The summed E-state index contributed by atoms with van der Waals surface area (Å²) in [4.78, 5) is 15.3. The lowest BCUT2D eigenvalue weighted by Gasteiger charge is -1.99. The molecule has 0 atom stereocenters. The van der Waals surface area contributed by atoms with E-state index in [1.807, 2.05) is 36.4 Å². The van der Waals surface area contributed by atoms with Gasteiger partial charge in [-0.05, 0) is 18.1 Å². The molecule has 0 saturated heterocycles. The summed E-state index contributed by atoms with van der Waals surface area (Å²) < 4.78 is 0. The summed E-state index contributed by atoms with van der Waals surface area (Å²) in [6, 6.07) is 11.5. The summed E-state index contributed by atoms with van der Waals surface area (Å²) >= 11 is 0. The smallest absolute Gasteiger partial charge is 0.273 e. The Morgan fingerprint density at radius 2 is 2.05 bits per heavy atom. The highest BCUT2D eigenvalue weighted by Crippen LogP contribution is 2.17. The van der Waals surface area contributed by atoms with Gasteiger partial charge in [-0.3, -0.25) is 9.89 Å².